The first-order valence-electron chi connectivity index (χ1n) is 8.17. The highest BCUT2D eigenvalue weighted by atomic mass is 32.2. The maximum atomic E-state index is 11.5. The van der Waals surface area contributed by atoms with Crippen LogP contribution in [0, 0.1) is 0 Å². The lowest BCUT2D eigenvalue weighted by Gasteiger charge is -2.29. The molecule has 0 saturated heterocycles. The van der Waals surface area contributed by atoms with E-state index in [0.29, 0.717) is 10.9 Å². The Hall–Kier alpha value is -1.28. The summed E-state index contributed by atoms with van der Waals surface area (Å²) in [6, 6.07) is 7.49. The molecule has 1 aliphatic carbocycles. The second kappa shape index (κ2) is 7.31. The minimum Gasteiger partial charge on any atom is -0.326 e. The smallest absolute Gasteiger partial charge is 0.175 e. The molecule has 0 amide bonds. The second-order valence-electron chi connectivity index (χ2n) is 6.38. The maximum absolute atomic E-state index is 11.5. The number of nitrogens with zero attached hydrogens (tertiary/aromatic N) is 1. The molecular formula is C17H23N3O2S2. The third-order valence-electron chi connectivity index (χ3n) is 4.45. The minimum absolute atomic E-state index is 0.236. The fourth-order valence-corrected chi connectivity index (χ4v) is 4.47. The van der Waals surface area contributed by atoms with Gasteiger partial charge >= 0.3 is 0 Å². The van der Waals surface area contributed by atoms with Crippen molar-refractivity contribution in [2.24, 2.45) is 5.73 Å². The van der Waals surface area contributed by atoms with Crippen LogP contribution in [0.1, 0.15) is 31.4 Å². The van der Waals surface area contributed by atoms with Crippen LogP contribution in [-0.4, -0.2) is 31.7 Å². The van der Waals surface area contributed by atoms with Gasteiger partial charge in [-0.3, -0.25) is 0 Å². The Balaban J connectivity index is 1.65. The lowest BCUT2D eigenvalue weighted by molar-refractivity contribution is 0.326. The molecule has 1 aromatic carbocycles. The maximum Gasteiger partial charge on any atom is 0.175 e. The topological polar surface area (TPSA) is 85.1 Å². The molecule has 1 fully saturated rings. The van der Waals surface area contributed by atoms with Gasteiger partial charge in [0, 0.05) is 35.8 Å². The largest absolute Gasteiger partial charge is 0.326 e. The molecule has 1 saturated carbocycles. The second-order valence-corrected chi connectivity index (χ2v) is 9.25. The Kier molecular flexibility index (Phi) is 5.34. The van der Waals surface area contributed by atoms with Crippen LogP contribution in [0.2, 0.25) is 0 Å². The summed E-state index contributed by atoms with van der Waals surface area (Å²) in [5, 5.41) is 6.47. The highest BCUT2D eigenvalue weighted by Crippen LogP contribution is 2.25. The number of aromatic nitrogens is 1. The van der Waals surface area contributed by atoms with Gasteiger partial charge in [0.25, 0.3) is 0 Å². The van der Waals surface area contributed by atoms with Gasteiger partial charge in [-0.05, 0) is 25.0 Å². The lowest BCUT2D eigenvalue weighted by atomic mass is 9.91. The summed E-state index contributed by atoms with van der Waals surface area (Å²) < 4.78 is 23.0. The first-order chi connectivity index (χ1) is 11.4. The van der Waals surface area contributed by atoms with Gasteiger partial charge in [0.15, 0.2) is 9.84 Å². The molecule has 1 aromatic heterocycles. The van der Waals surface area contributed by atoms with Crippen molar-refractivity contribution in [2.45, 2.75) is 49.2 Å². The van der Waals surface area contributed by atoms with Gasteiger partial charge in [-0.15, -0.1) is 11.3 Å². The molecule has 0 bridgehead atoms. The van der Waals surface area contributed by atoms with Crippen LogP contribution in [0.3, 0.4) is 0 Å². The van der Waals surface area contributed by atoms with Crippen LogP contribution in [0.4, 0.5) is 0 Å². The molecule has 0 radical (unpaired) electrons. The normalized spacial score (nSPS) is 21.8. The van der Waals surface area contributed by atoms with E-state index >= 15 is 0 Å². The zero-order chi connectivity index (χ0) is 17.2. The van der Waals surface area contributed by atoms with Crippen molar-refractivity contribution in [2.75, 3.05) is 6.26 Å². The molecule has 0 spiro atoms. The van der Waals surface area contributed by atoms with Gasteiger partial charge in [0.1, 0.15) is 5.01 Å². The zero-order valence-electron chi connectivity index (χ0n) is 13.7. The van der Waals surface area contributed by atoms with Crippen LogP contribution in [0.5, 0.6) is 0 Å². The molecule has 2 aromatic rings. The molecular weight excluding hydrogens is 342 g/mol. The predicted octanol–water partition coefficient (Wildman–Crippen LogP) is 2.57. The highest BCUT2D eigenvalue weighted by Gasteiger charge is 2.21. The van der Waals surface area contributed by atoms with E-state index in [4.69, 9.17) is 5.73 Å². The van der Waals surface area contributed by atoms with Crippen molar-refractivity contribution in [3.8, 4) is 10.6 Å². The first-order valence-corrected chi connectivity index (χ1v) is 10.9. The first kappa shape index (κ1) is 17.5. The number of nitrogens with two attached hydrogens (primary N) is 1. The predicted molar refractivity (Wildman–Crippen MR) is 97.7 cm³/mol. The highest BCUT2D eigenvalue weighted by molar-refractivity contribution is 7.90. The van der Waals surface area contributed by atoms with Crippen LogP contribution in [0.25, 0.3) is 10.6 Å². The summed E-state index contributed by atoms with van der Waals surface area (Å²) in [5.41, 5.74) is 8.10. The molecule has 130 valence electrons. The van der Waals surface area contributed by atoms with E-state index in [9.17, 15) is 8.42 Å². The Morgan fingerprint density at radius 3 is 2.62 bits per heavy atom. The van der Waals surface area contributed by atoms with E-state index < -0.39 is 9.84 Å². The van der Waals surface area contributed by atoms with Crippen molar-refractivity contribution in [1.29, 1.82) is 0 Å². The van der Waals surface area contributed by atoms with E-state index in [1.165, 1.54) is 19.1 Å². The monoisotopic (exact) mass is 365 g/mol. The Morgan fingerprint density at radius 1 is 1.25 bits per heavy atom. The number of hydrogen-bond acceptors (Lipinski definition) is 6. The number of hydrogen-bond donors (Lipinski definition) is 2. The van der Waals surface area contributed by atoms with Crippen LogP contribution < -0.4 is 11.1 Å². The molecule has 0 unspecified atom stereocenters. The van der Waals surface area contributed by atoms with E-state index in [1.807, 2.05) is 17.5 Å². The Morgan fingerprint density at radius 2 is 1.96 bits per heavy atom. The SMILES string of the molecule is CS(=O)(=O)c1ccc(-c2nc(CN[C@@H]3CCCC[C@H]3N)cs2)cc1. The Labute approximate surface area is 147 Å². The molecule has 7 heteroatoms. The summed E-state index contributed by atoms with van der Waals surface area (Å²) in [5.74, 6) is 0. The standard InChI is InChI=1S/C17H23N3O2S2/c1-24(21,22)14-8-6-12(7-9-14)17-20-13(11-23-17)10-19-16-5-3-2-4-15(16)18/h6-9,11,15-16,19H,2-5,10,18H2,1H3/t15-,16-/m1/s1. The summed E-state index contributed by atoms with van der Waals surface area (Å²) in [7, 11) is -3.16. The summed E-state index contributed by atoms with van der Waals surface area (Å²) >= 11 is 1.57. The van der Waals surface area contributed by atoms with Crippen molar-refractivity contribution in [3.05, 3.63) is 35.3 Å². The summed E-state index contributed by atoms with van der Waals surface area (Å²) in [4.78, 5) is 4.98. The van der Waals surface area contributed by atoms with Crippen molar-refractivity contribution < 1.29 is 8.42 Å². The molecule has 5 nitrogen and oxygen atoms in total. The molecule has 3 N–H and O–H groups in total. The van der Waals surface area contributed by atoms with Gasteiger partial charge in [-0.25, -0.2) is 13.4 Å². The molecule has 1 aliphatic rings. The number of thiazole rings is 1. The van der Waals surface area contributed by atoms with Gasteiger partial charge in [0.05, 0.1) is 10.6 Å². The number of sulfone groups is 1. The van der Waals surface area contributed by atoms with Crippen molar-refractivity contribution >= 4 is 21.2 Å². The zero-order valence-corrected chi connectivity index (χ0v) is 15.4. The molecule has 2 atom stereocenters. The number of rotatable bonds is 5. The summed E-state index contributed by atoms with van der Waals surface area (Å²) in [6.07, 6.45) is 5.90. The molecule has 0 aliphatic heterocycles. The molecule has 1 heterocycles. The van der Waals surface area contributed by atoms with Gasteiger partial charge < -0.3 is 11.1 Å². The molecule has 24 heavy (non-hydrogen) atoms. The van der Waals surface area contributed by atoms with Gasteiger partial charge in [-0.2, -0.15) is 0 Å². The lowest BCUT2D eigenvalue weighted by Crippen LogP contribution is -2.46. The van der Waals surface area contributed by atoms with E-state index in [-0.39, 0.29) is 6.04 Å². The van der Waals surface area contributed by atoms with Crippen LogP contribution in [-0.2, 0) is 16.4 Å². The van der Waals surface area contributed by atoms with Crippen LogP contribution in [0.15, 0.2) is 34.5 Å². The third kappa shape index (κ3) is 4.22. The Bertz CT molecular complexity index is 784. The molecule has 3 rings (SSSR count). The van der Waals surface area contributed by atoms with E-state index in [0.717, 1.165) is 35.7 Å². The third-order valence-corrected chi connectivity index (χ3v) is 6.51. The fraction of sp³-hybridized carbons (Fsp3) is 0.471. The number of nitrogens with one attached hydrogen (secondary N) is 1. The minimum atomic E-state index is -3.16. The van der Waals surface area contributed by atoms with E-state index in [1.54, 1.807) is 23.5 Å². The summed E-state index contributed by atoms with van der Waals surface area (Å²) in [6.45, 7) is 0.719. The van der Waals surface area contributed by atoms with Gasteiger partial charge in [-0.1, -0.05) is 25.0 Å². The van der Waals surface area contributed by atoms with Crippen LogP contribution >= 0.6 is 11.3 Å². The average Bonchev–Trinajstić information content (AvgIpc) is 3.02. The fourth-order valence-electron chi connectivity index (χ4n) is 3.01. The van der Waals surface area contributed by atoms with Gasteiger partial charge in [0.2, 0.25) is 0 Å². The van der Waals surface area contributed by atoms with E-state index in [2.05, 4.69) is 10.3 Å². The quantitative estimate of drug-likeness (QED) is 0.851. The van der Waals surface area contributed by atoms with Crippen molar-refractivity contribution in [1.82, 2.24) is 10.3 Å². The number of benzene rings is 1. The average molecular weight is 366 g/mol. The van der Waals surface area contributed by atoms with Crippen molar-refractivity contribution in [3.63, 3.8) is 0 Å².